The molecule has 24 heavy (non-hydrogen) atoms. The second-order valence-electron chi connectivity index (χ2n) is 5.52. The van der Waals surface area contributed by atoms with Crippen LogP contribution in [0.3, 0.4) is 0 Å². The molecule has 1 aliphatic rings. The molecule has 3 heterocycles. The van der Waals surface area contributed by atoms with Crippen molar-refractivity contribution in [2.75, 3.05) is 25.1 Å². The van der Waals surface area contributed by atoms with Crippen LogP contribution in [-0.2, 0) is 4.74 Å². The van der Waals surface area contributed by atoms with Gasteiger partial charge in [-0.15, -0.1) is 21.5 Å². The number of urea groups is 1. The van der Waals surface area contributed by atoms with Gasteiger partial charge in [0.05, 0.1) is 18.9 Å². The molecule has 1 aromatic carbocycles. The van der Waals surface area contributed by atoms with Crippen LogP contribution in [0.15, 0.2) is 34.1 Å². The number of morpholine rings is 1. The molecular formula is C16H16N4O3S. The zero-order valence-corrected chi connectivity index (χ0v) is 13.9. The Balaban J connectivity index is 1.57. The Morgan fingerprint density at radius 2 is 2.25 bits per heavy atom. The van der Waals surface area contributed by atoms with Crippen molar-refractivity contribution >= 4 is 33.1 Å². The molecule has 0 bridgehead atoms. The highest BCUT2D eigenvalue weighted by Gasteiger charge is 2.32. The number of aromatic nitrogens is 2. The highest BCUT2D eigenvalue weighted by atomic mass is 32.1. The molecule has 2 amide bonds. The zero-order valence-electron chi connectivity index (χ0n) is 13.1. The molecule has 1 unspecified atom stereocenters. The van der Waals surface area contributed by atoms with Crippen LogP contribution in [0, 0.1) is 6.92 Å². The number of carbonyl (C=O) groups is 1. The Hall–Kier alpha value is -2.45. The molecule has 1 fully saturated rings. The van der Waals surface area contributed by atoms with E-state index in [1.54, 1.807) is 23.2 Å². The van der Waals surface area contributed by atoms with Crippen molar-refractivity contribution in [3.63, 3.8) is 0 Å². The molecule has 3 aromatic rings. The van der Waals surface area contributed by atoms with Gasteiger partial charge in [-0.1, -0.05) is 18.2 Å². The van der Waals surface area contributed by atoms with E-state index in [2.05, 4.69) is 15.5 Å². The first-order valence-electron chi connectivity index (χ1n) is 7.64. The van der Waals surface area contributed by atoms with E-state index in [-0.39, 0.29) is 12.1 Å². The minimum atomic E-state index is -0.371. The minimum absolute atomic E-state index is 0.192. The van der Waals surface area contributed by atoms with Crippen LogP contribution >= 0.6 is 11.3 Å². The Morgan fingerprint density at radius 3 is 3.08 bits per heavy atom. The summed E-state index contributed by atoms with van der Waals surface area (Å²) in [4.78, 5) is 14.5. The van der Waals surface area contributed by atoms with E-state index in [0.29, 0.717) is 31.5 Å². The average Bonchev–Trinajstić information content (AvgIpc) is 3.22. The number of ether oxygens (including phenoxy) is 1. The van der Waals surface area contributed by atoms with Gasteiger partial charge < -0.3 is 19.4 Å². The maximum Gasteiger partial charge on any atom is 0.322 e. The third-order valence-corrected chi connectivity index (χ3v) is 4.90. The first kappa shape index (κ1) is 15.1. The maximum atomic E-state index is 12.8. The summed E-state index contributed by atoms with van der Waals surface area (Å²) in [5.74, 6) is 0.872. The molecule has 2 aromatic heterocycles. The van der Waals surface area contributed by atoms with E-state index in [9.17, 15) is 4.79 Å². The molecule has 1 N–H and O–H groups in total. The summed E-state index contributed by atoms with van der Waals surface area (Å²) in [6.45, 7) is 3.03. The van der Waals surface area contributed by atoms with Crippen molar-refractivity contribution in [3.05, 3.63) is 41.4 Å². The molecule has 8 heteroatoms. The second kappa shape index (κ2) is 6.21. The summed E-state index contributed by atoms with van der Waals surface area (Å²) in [5, 5.41) is 13.9. The lowest BCUT2D eigenvalue weighted by Crippen LogP contribution is -2.45. The van der Waals surface area contributed by atoms with Crippen molar-refractivity contribution in [2.45, 2.75) is 13.0 Å². The molecule has 1 atom stereocenters. The Kier molecular flexibility index (Phi) is 3.91. The highest BCUT2D eigenvalue weighted by molar-refractivity contribution is 7.17. The molecule has 0 radical (unpaired) electrons. The van der Waals surface area contributed by atoms with E-state index in [1.165, 1.54) is 0 Å². The fourth-order valence-electron chi connectivity index (χ4n) is 2.76. The Morgan fingerprint density at radius 1 is 1.38 bits per heavy atom. The average molecular weight is 344 g/mol. The quantitative estimate of drug-likeness (QED) is 0.772. The highest BCUT2D eigenvalue weighted by Crippen LogP contribution is 2.31. The van der Waals surface area contributed by atoms with E-state index in [4.69, 9.17) is 9.15 Å². The number of hydrogen-bond donors (Lipinski definition) is 1. The third kappa shape index (κ3) is 2.74. The van der Waals surface area contributed by atoms with Gasteiger partial charge in [0.25, 0.3) is 0 Å². The number of fused-ring (bicyclic) bond motifs is 1. The number of nitrogens with one attached hydrogen (secondary N) is 1. The number of amides is 2. The summed E-state index contributed by atoms with van der Waals surface area (Å²) >= 11 is 1.60. The molecule has 0 spiro atoms. The monoisotopic (exact) mass is 344 g/mol. The fourth-order valence-corrected chi connectivity index (χ4v) is 3.65. The fraction of sp³-hybridized carbons (Fsp3) is 0.312. The van der Waals surface area contributed by atoms with E-state index < -0.39 is 0 Å². The van der Waals surface area contributed by atoms with Gasteiger partial charge in [-0.2, -0.15) is 0 Å². The number of nitrogens with zero attached hydrogens (tertiary/aromatic N) is 3. The molecule has 4 rings (SSSR count). The number of benzene rings is 1. The van der Waals surface area contributed by atoms with Crippen molar-refractivity contribution in [1.82, 2.24) is 15.1 Å². The van der Waals surface area contributed by atoms with Gasteiger partial charge in [0.2, 0.25) is 11.8 Å². The van der Waals surface area contributed by atoms with Crippen LogP contribution in [0.25, 0.3) is 10.1 Å². The van der Waals surface area contributed by atoms with Crippen molar-refractivity contribution in [1.29, 1.82) is 0 Å². The van der Waals surface area contributed by atoms with Gasteiger partial charge in [-0.3, -0.25) is 0 Å². The van der Waals surface area contributed by atoms with Crippen molar-refractivity contribution in [3.8, 4) is 0 Å². The zero-order chi connectivity index (χ0) is 16.5. The maximum absolute atomic E-state index is 12.8. The first-order valence-corrected chi connectivity index (χ1v) is 8.52. The summed E-state index contributed by atoms with van der Waals surface area (Å²) in [6.07, 6.45) is 0. The van der Waals surface area contributed by atoms with Gasteiger partial charge in [0.1, 0.15) is 6.04 Å². The van der Waals surface area contributed by atoms with E-state index in [0.717, 1.165) is 15.8 Å². The molecule has 0 saturated carbocycles. The molecule has 1 aliphatic heterocycles. The van der Waals surface area contributed by atoms with E-state index in [1.807, 2.05) is 29.6 Å². The predicted octanol–water partition coefficient (Wildman–Crippen LogP) is 3.20. The standard InChI is InChI=1S/C16H16N4O3S/c1-10-18-19-15(23-10)13-8-22-7-6-20(13)16(21)17-12-9-24-14-5-3-2-4-11(12)14/h2-5,9,13H,6-8H2,1H3,(H,17,21). The smallest absolute Gasteiger partial charge is 0.322 e. The van der Waals surface area contributed by atoms with Crippen LogP contribution in [0.5, 0.6) is 0 Å². The topological polar surface area (TPSA) is 80.5 Å². The molecule has 0 aliphatic carbocycles. The van der Waals surface area contributed by atoms with E-state index >= 15 is 0 Å². The first-order chi connectivity index (χ1) is 11.7. The molecular weight excluding hydrogens is 328 g/mol. The van der Waals surface area contributed by atoms with Gasteiger partial charge in [-0.05, 0) is 6.07 Å². The SMILES string of the molecule is Cc1nnc(C2COCCN2C(=O)Nc2csc3ccccc23)o1. The van der Waals surface area contributed by atoms with Crippen LogP contribution in [0.2, 0.25) is 0 Å². The van der Waals surface area contributed by atoms with Crippen LogP contribution in [0.1, 0.15) is 17.8 Å². The lowest BCUT2D eigenvalue weighted by Gasteiger charge is -2.33. The van der Waals surface area contributed by atoms with Gasteiger partial charge in [0.15, 0.2) is 0 Å². The van der Waals surface area contributed by atoms with Gasteiger partial charge in [-0.25, -0.2) is 4.79 Å². The number of hydrogen-bond acceptors (Lipinski definition) is 6. The number of carbonyl (C=O) groups excluding carboxylic acids is 1. The minimum Gasteiger partial charge on any atom is -0.423 e. The molecule has 1 saturated heterocycles. The largest absolute Gasteiger partial charge is 0.423 e. The summed E-state index contributed by atoms with van der Waals surface area (Å²) in [7, 11) is 0. The number of thiophene rings is 1. The summed E-state index contributed by atoms with van der Waals surface area (Å²) < 4.78 is 12.1. The van der Waals surface area contributed by atoms with Gasteiger partial charge >= 0.3 is 6.03 Å². The second-order valence-corrected chi connectivity index (χ2v) is 6.43. The molecule has 7 nitrogen and oxygen atoms in total. The van der Waals surface area contributed by atoms with Gasteiger partial charge in [0, 0.05) is 28.9 Å². The Bertz CT molecular complexity index is 875. The van der Waals surface area contributed by atoms with Crippen LogP contribution < -0.4 is 5.32 Å². The number of rotatable bonds is 2. The van der Waals surface area contributed by atoms with Crippen molar-refractivity contribution in [2.24, 2.45) is 0 Å². The van der Waals surface area contributed by atoms with Crippen LogP contribution in [-0.4, -0.2) is 40.9 Å². The number of anilines is 1. The molecule has 124 valence electrons. The lowest BCUT2D eigenvalue weighted by atomic mass is 10.2. The Labute approximate surface area is 142 Å². The number of aryl methyl sites for hydroxylation is 1. The predicted molar refractivity (Wildman–Crippen MR) is 90.1 cm³/mol. The van der Waals surface area contributed by atoms with Crippen LogP contribution in [0.4, 0.5) is 10.5 Å². The normalized spacial score (nSPS) is 18.0. The summed E-state index contributed by atoms with van der Waals surface area (Å²) in [5.41, 5.74) is 0.813. The third-order valence-electron chi connectivity index (χ3n) is 3.94. The van der Waals surface area contributed by atoms with Crippen molar-refractivity contribution < 1.29 is 13.9 Å². The lowest BCUT2D eigenvalue weighted by molar-refractivity contribution is 0.00512. The summed E-state index contributed by atoms with van der Waals surface area (Å²) in [6, 6.07) is 7.42.